The minimum absolute atomic E-state index is 0.618. The number of aromatic nitrogens is 1. The van der Waals surface area contributed by atoms with Gasteiger partial charge in [0.25, 0.3) is 0 Å². The first-order valence-electron chi connectivity index (χ1n) is 4.83. The highest BCUT2D eigenvalue weighted by atomic mass is 16.5. The zero-order valence-electron chi connectivity index (χ0n) is 8.90. The Bertz CT molecular complexity index is 485. The largest absolute Gasteiger partial charge is 0.495 e. The van der Waals surface area contributed by atoms with Crippen molar-refractivity contribution >= 4 is 17.2 Å². The third-order valence-corrected chi connectivity index (χ3v) is 2.09. The Balaban J connectivity index is 2.26. The van der Waals surface area contributed by atoms with Crippen molar-refractivity contribution in [2.24, 2.45) is 0 Å². The van der Waals surface area contributed by atoms with Gasteiger partial charge in [0, 0.05) is 11.8 Å². The van der Waals surface area contributed by atoms with Crippen LogP contribution in [0.5, 0.6) is 5.75 Å². The average Bonchev–Trinajstić information content (AvgIpc) is 2.30. The van der Waals surface area contributed by atoms with Gasteiger partial charge >= 0.3 is 0 Å². The molecular weight excluding hydrogens is 202 g/mol. The van der Waals surface area contributed by atoms with Crippen LogP contribution in [0.3, 0.4) is 0 Å². The molecule has 0 unspecified atom stereocenters. The molecule has 1 heterocycles. The number of nitrogens with two attached hydrogens (primary N) is 1. The molecule has 0 aliphatic carbocycles. The molecule has 2 aromatic rings. The molecule has 0 atom stereocenters. The van der Waals surface area contributed by atoms with Crippen molar-refractivity contribution in [3.8, 4) is 5.75 Å². The molecule has 1 aromatic heterocycles. The quantitative estimate of drug-likeness (QED) is 0.822. The van der Waals surface area contributed by atoms with Gasteiger partial charge in [0.1, 0.15) is 11.6 Å². The Morgan fingerprint density at radius 2 is 2.19 bits per heavy atom. The lowest BCUT2D eigenvalue weighted by Crippen LogP contribution is -1.97. The maximum absolute atomic E-state index is 5.64. The molecule has 81 valence electrons. The molecule has 0 spiro atoms. The third-order valence-electron chi connectivity index (χ3n) is 2.09. The fraction of sp³-hybridized carbons (Fsp3) is 0.0833. The van der Waals surface area contributed by atoms with E-state index in [1.807, 2.05) is 24.3 Å². The number of anilines is 3. The smallest absolute Gasteiger partial charge is 0.142 e. The van der Waals surface area contributed by atoms with E-state index < -0.39 is 0 Å². The molecule has 0 aliphatic rings. The van der Waals surface area contributed by atoms with E-state index in [1.165, 1.54) is 0 Å². The molecule has 0 amide bonds. The van der Waals surface area contributed by atoms with Gasteiger partial charge in [-0.05, 0) is 18.2 Å². The van der Waals surface area contributed by atoms with E-state index in [0.29, 0.717) is 11.5 Å². The number of nitrogens with zero attached hydrogens (tertiary/aromatic N) is 1. The number of hydrogen-bond acceptors (Lipinski definition) is 4. The topological polar surface area (TPSA) is 60.2 Å². The van der Waals surface area contributed by atoms with Crippen LogP contribution in [0.25, 0.3) is 0 Å². The van der Waals surface area contributed by atoms with Gasteiger partial charge in [0.15, 0.2) is 0 Å². The first kappa shape index (κ1) is 10.3. The molecule has 0 bridgehead atoms. The Morgan fingerprint density at radius 3 is 2.94 bits per heavy atom. The van der Waals surface area contributed by atoms with Crippen LogP contribution < -0.4 is 15.8 Å². The SMILES string of the molecule is COc1ccccc1Nc1cc(N)c[c]n1. The van der Waals surface area contributed by atoms with Crippen LogP contribution >= 0.6 is 0 Å². The summed E-state index contributed by atoms with van der Waals surface area (Å²) in [5.41, 5.74) is 7.10. The highest BCUT2D eigenvalue weighted by Gasteiger charge is 2.02. The Kier molecular flexibility index (Phi) is 2.91. The number of nitrogen functional groups attached to an aromatic ring is 1. The summed E-state index contributed by atoms with van der Waals surface area (Å²) >= 11 is 0. The standard InChI is InChI=1S/C12H12N3O/c1-16-11-5-3-2-4-10(11)15-12-8-9(13)6-7-14-12/h2-6,8H,1H3,(H3,13,14,15). The molecule has 16 heavy (non-hydrogen) atoms. The van der Waals surface area contributed by atoms with Gasteiger partial charge in [-0.1, -0.05) is 12.1 Å². The molecule has 0 saturated carbocycles. The summed E-state index contributed by atoms with van der Waals surface area (Å²) in [7, 11) is 1.62. The van der Waals surface area contributed by atoms with E-state index in [0.717, 1.165) is 11.4 Å². The number of benzene rings is 1. The maximum atomic E-state index is 5.64. The second-order valence-corrected chi connectivity index (χ2v) is 3.24. The lowest BCUT2D eigenvalue weighted by molar-refractivity contribution is 0.417. The van der Waals surface area contributed by atoms with Gasteiger partial charge in [-0.2, -0.15) is 0 Å². The summed E-state index contributed by atoms with van der Waals surface area (Å²) in [4.78, 5) is 4.04. The minimum atomic E-state index is 0.618. The summed E-state index contributed by atoms with van der Waals surface area (Å²) in [5, 5.41) is 3.12. The molecule has 4 nitrogen and oxygen atoms in total. The van der Waals surface area contributed by atoms with Crippen LogP contribution in [0, 0.1) is 6.20 Å². The van der Waals surface area contributed by atoms with E-state index in [1.54, 1.807) is 19.2 Å². The van der Waals surface area contributed by atoms with E-state index >= 15 is 0 Å². The zero-order valence-corrected chi connectivity index (χ0v) is 8.90. The number of hydrogen-bond donors (Lipinski definition) is 2. The molecule has 0 fully saturated rings. The van der Waals surface area contributed by atoms with Gasteiger partial charge in [0.2, 0.25) is 0 Å². The predicted octanol–water partition coefficient (Wildman–Crippen LogP) is 2.22. The molecule has 3 N–H and O–H groups in total. The second-order valence-electron chi connectivity index (χ2n) is 3.24. The summed E-state index contributed by atoms with van der Waals surface area (Å²) in [5.74, 6) is 1.40. The van der Waals surface area contributed by atoms with Crippen LogP contribution in [-0.2, 0) is 0 Å². The van der Waals surface area contributed by atoms with Crippen LogP contribution in [0.4, 0.5) is 17.2 Å². The first-order chi connectivity index (χ1) is 7.79. The number of rotatable bonds is 3. The highest BCUT2D eigenvalue weighted by molar-refractivity contribution is 5.65. The molecular formula is C12H12N3O. The number of para-hydroxylation sites is 2. The monoisotopic (exact) mass is 214 g/mol. The van der Waals surface area contributed by atoms with Crippen LogP contribution in [0.2, 0.25) is 0 Å². The Labute approximate surface area is 94.1 Å². The summed E-state index contributed by atoms with van der Waals surface area (Å²) in [6.07, 6.45) is 2.71. The fourth-order valence-electron chi connectivity index (χ4n) is 1.36. The third kappa shape index (κ3) is 2.23. The summed E-state index contributed by atoms with van der Waals surface area (Å²) in [6.45, 7) is 0. The molecule has 1 aromatic carbocycles. The number of nitrogens with one attached hydrogen (secondary N) is 1. The van der Waals surface area contributed by atoms with Gasteiger partial charge in [0.05, 0.1) is 19.0 Å². The number of ether oxygens (including phenoxy) is 1. The van der Waals surface area contributed by atoms with E-state index in [2.05, 4.69) is 16.5 Å². The van der Waals surface area contributed by atoms with Crippen molar-refractivity contribution in [2.45, 2.75) is 0 Å². The average molecular weight is 214 g/mol. The number of methoxy groups -OCH3 is 1. The van der Waals surface area contributed by atoms with Crippen molar-refractivity contribution in [1.29, 1.82) is 0 Å². The van der Waals surface area contributed by atoms with Crippen molar-refractivity contribution in [3.05, 3.63) is 42.6 Å². The second kappa shape index (κ2) is 4.53. The fourth-order valence-corrected chi connectivity index (χ4v) is 1.36. The molecule has 2 rings (SSSR count). The normalized spacial score (nSPS) is 9.81. The van der Waals surface area contributed by atoms with Gasteiger partial charge in [-0.15, -0.1) is 0 Å². The number of pyridine rings is 1. The molecule has 4 heteroatoms. The van der Waals surface area contributed by atoms with Crippen LogP contribution in [0.15, 0.2) is 36.4 Å². The van der Waals surface area contributed by atoms with Gasteiger partial charge in [-0.3, -0.25) is 0 Å². The van der Waals surface area contributed by atoms with E-state index in [9.17, 15) is 0 Å². The van der Waals surface area contributed by atoms with Crippen molar-refractivity contribution in [2.75, 3.05) is 18.2 Å². The Morgan fingerprint density at radius 1 is 1.38 bits per heavy atom. The van der Waals surface area contributed by atoms with E-state index in [-0.39, 0.29) is 0 Å². The van der Waals surface area contributed by atoms with Crippen molar-refractivity contribution < 1.29 is 4.74 Å². The lowest BCUT2D eigenvalue weighted by Gasteiger charge is -2.09. The molecule has 0 aliphatic heterocycles. The van der Waals surface area contributed by atoms with E-state index in [4.69, 9.17) is 10.5 Å². The molecule has 1 radical (unpaired) electrons. The minimum Gasteiger partial charge on any atom is -0.495 e. The zero-order chi connectivity index (χ0) is 11.4. The first-order valence-corrected chi connectivity index (χ1v) is 4.83. The van der Waals surface area contributed by atoms with Crippen LogP contribution in [-0.4, -0.2) is 12.1 Å². The van der Waals surface area contributed by atoms with Crippen molar-refractivity contribution in [3.63, 3.8) is 0 Å². The summed E-state index contributed by atoms with van der Waals surface area (Å²) < 4.78 is 5.22. The van der Waals surface area contributed by atoms with Gasteiger partial charge in [-0.25, -0.2) is 4.98 Å². The highest BCUT2D eigenvalue weighted by Crippen LogP contribution is 2.26. The van der Waals surface area contributed by atoms with Crippen molar-refractivity contribution in [1.82, 2.24) is 4.98 Å². The maximum Gasteiger partial charge on any atom is 0.142 e. The summed E-state index contributed by atoms with van der Waals surface area (Å²) in [6, 6.07) is 11.0. The predicted molar refractivity (Wildman–Crippen MR) is 63.8 cm³/mol. The molecule has 0 saturated heterocycles. The van der Waals surface area contributed by atoms with Crippen LogP contribution in [0.1, 0.15) is 0 Å². The lowest BCUT2D eigenvalue weighted by atomic mass is 10.3. The Hall–Kier alpha value is -2.23. The van der Waals surface area contributed by atoms with Gasteiger partial charge < -0.3 is 15.8 Å².